The second kappa shape index (κ2) is 10.7. The van der Waals surface area contributed by atoms with Crippen molar-refractivity contribution >= 4 is 23.3 Å². The molecule has 10 heteroatoms. The van der Waals surface area contributed by atoms with Crippen LogP contribution in [0, 0.1) is 0 Å². The van der Waals surface area contributed by atoms with E-state index in [0.29, 0.717) is 6.61 Å². The Hall–Kier alpha value is 0.477. The van der Waals surface area contributed by atoms with Crippen molar-refractivity contribution in [3.63, 3.8) is 0 Å². The van der Waals surface area contributed by atoms with E-state index < -0.39 is 23.3 Å². The molecule has 0 aliphatic heterocycles. The lowest BCUT2D eigenvalue weighted by atomic mass is 10.5. The van der Waals surface area contributed by atoms with E-state index in [1.807, 2.05) is 6.92 Å². The molecule has 25 heavy (non-hydrogen) atoms. The van der Waals surface area contributed by atoms with Gasteiger partial charge in [-0.25, -0.2) is 4.52 Å². The van der Waals surface area contributed by atoms with Gasteiger partial charge in [-0.15, -0.1) is 0 Å². The summed E-state index contributed by atoms with van der Waals surface area (Å²) in [5.74, 6) is 0. The molecule has 0 N–H and O–H groups in total. The third kappa shape index (κ3) is 7.55. The van der Waals surface area contributed by atoms with E-state index in [1.54, 1.807) is 7.11 Å². The van der Waals surface area contributed by atoms with Crippen LogP contribution in [-0.2, 0) is 8.85 Å². The number of rotatable bonds is 11. The molecule has 0 aliphatic carbocycles. The molecule has 0 aromatic carbocycles. The SMILES string of the molecule is CCO[Si](C)(CCCN=P(C)(N=P(C)(N(C)C)N(C)C)N(C)C)OC. The Morgan fingerprint density at radius 3 is 1.84 bits per heavy atom. The van der Waals surface area contributed by atoms with Gasteiger partial charge in [0.05, 0.1) is 0 Å². The van der Waals surface area contributed by atoms with Crippen molar-refractivity contribution in [2.24, 2.45) is 9.26 Å². The van der Waals surface area contributed by atoms with Crippen LogP contribution in [0.1, 0.15) is 13.3 Å². The first kappa shape index (κ1) is 25.5. The van der Waals surface area contributed by atoms with Crippen LogP contribution in [-0.4, -0.2) is 98.4 Å². The predicted octanol–water partition coefficient (Wildman–Crippen LogP) is 4.14. The van der Waals surface area contributed by atoms with Crippen LogP contribution in [0.5, 0.6) is 0 Å². The Kier molecular flexibility index (Phi) is 10.9. The Bertz CT molecular complexity index is 502. The molecule has 152 valence electrons. The van der Waals surface area contributed by atoms with Crippen LogP contribution in [0.25, 0.3) is 0 Å². The van der Waals surface area contributed by atoms with Gasteiger partial charge in [0, 0.05) is 26.9 Å². The summed E-state index contributed by atoms with van der Waals surface area (Å²) >= 11 is 0. The van der Waals surface area contributed by atoms with Gasteiger partial charge in [0.1, 0.15) is 14.7 Å². The first-order valence-electron chi connectivity index (χ1n) is 8.76. The smallest absolute Gasteiger partial charge is 0.334 e. The van der Waals surface area contributed by atoms with Gasteiger partial charge in [-0.05, 0) is 74.9 Å². The van der Waals surface area contributed by atoms with Crippen molar-refractivity contribution in [2.75, 3.05) is 75.9 Å². The minimum atomic E-state index is -2.03. The van der Waals surface area contributed by atoms with Crippen LogP contribution < -0.4 is 0 Å². The molecule has 0 heterocycles. The van der Waals surface area contributed by atoms with E-state index in [0.717, 1.165) is 19.0 Å². The second-order valence-electron chi connectivity index (χ2n) is 7.11. The number of hydrogen-bond donors (Lipinski definition) is 0. The molecular formula is C15H41N5O2P2Si. The molecule has 0 aromatic heterocycles. The summed E-state index contributed by atoms with van der Waals surface area (Å²) < 4.78 is 28.5. The standard InChI is InChI=1S/C15H41N5O2P2Si/c1-12-22-25(11,21-8)15-13-14-16-23(9,18(2)3)17-24(10,19(4)5)20(6)7/h12-15H2,1-11H3. The normalized spacial score (nSPS) is 17.7. The van der Waals surface area contributed by atoms with Crippen molar-refractivity contribution < 1.29 is 8.85 Å². The lowest BCUT2D eigenvalue weighted by Crippen LogP contribution is -2.37. The fourth-order valence-corrected chi connectivity index (χ4v) is 10.4. The fraction of sp³-hybridized carbons (Fsp3) is 1.00. The quantitative estimate of drug-likeness (QED) is 0.289. The highest BCUT2D eigenvalue weighted by molar-refractivity contribution is 7.72. The molecule has 0 fully saturated rings. The summed E-state index contributed by atoms with van der Waals surface area (Å²) in [6, 6.07) is 0.960. The van der Waals surface area contributed by atoms with Crippen LogP contribution in [0.2, 0.25) is 12.6 Å². The molecule has 0 amide bonds. The zero-order valence-electron chi connectivity index (χ0n) is 18.3. The largest absolute Gasteiger partial charge is 0.398 e. The van der Waals surface area contributed by atoms with Crippen LogP contribution >= 0.6 is 14.7 Å². The molecule has 2 atom stereocenters. The highest BCUT2D eigenvalue weighted by Gasteiger charge is 2.29. The topological polar surface area (TPSA) is 52.9 Å². The van der Waals surface area contributed by atoms with Crippen LogP contribution in [0.3, 0.4) is 0 Å². The van der Waals surface area contributed by atoms with Gasteiger partial charge in [0.25, 0.3) is 0 Å². The van der Waals surface area contributed by atoms with Gasteiger partial charge < -0.3 is 8.85 Å². The second-order valence-corrected chi connectivity index (χ2v) is 17.4. The maximum absolute atomic E-state index is 5.84. The van der Waals surface area contributed by atoms with Gasteiger partial charge >= 0.3 is 8.56 Å². The average molecular weight is 414 g/mol. The molecule has 0 rings (SSSR count). The third-order valence-electron chi connectivity index (χ3n) is 4.65. The van der Waals surface area contributed by atoms with Crippen LogP contribution in [0.4, 0.5) is 0 Å². The minimum absolute atomic E-state index is 0.708. The predicted molar refractivity (Wildman–Crippen MR) is 116 cm³/mol. The molecule has 7 nitrogen and oxygen atoms in total. The van der Waals surface area contributed by atoms with Gasteiger partial charge in [-0.2, -0.15) is 0 Å². The molecule has 0 spiro atoms. The van der Waals surface area contributed by atoms with Gasteiger partial charge in [-0.3, -0.25) is 18.8 Å². The van der Waals surface area contributed by atoms with E-state index in [1.165, 1.54) is 0 Å². The molecule has 0 aromatic rings. The van der Waals surface area contributed by atoms with Crippen molar-refractivity contribution in [3.8, 4) is 0 Å². The van der Waals surface area contributed by atoms with Crippen molar-refractivity contribution in [1.82, 2.24) is 14.0 Å². The molecule has 0 radical (unpaired) electrons. The summed E-state index contributed by atoms with van der Waals surface area (Å²) in [6.07, 6.45) is 0.981. The number of nitrogens with zero attached hydrogens (tertiary/aromatic N) is 5. The van der Waals surface area contributed by atoms with Gasteiger partial charge in [-0.1, -0.05) is 0 Å². The van der Waals surface area contributed by atoms with E-state index in [2.05, 4.69) is 76.2 Å². The Balaban J connectivity index is 5.44. The Morgan fingerprint density at radius 1 is 0.960 bits per heavy atom. The summed E-state index contributed by atoms with van der Waals surface area (Å²) in [4.78, 5) is 0. The lowest BCUT2D eigenvalue weighted by Gasteiger charge is -2.37. The van der Waals surface area contributed by atoms with E-state index in [4.69, 9.17) is 18.1 Å². The zero-order valence-corrected chi connectivity index (χ0v) is 21.1. The highest BCUT2D eigenvalue weighted by atomic mass is 31.2. The van der Waals surface area contributed by atoms with Gasteiger partial charge in [0.15, 0.2) is 0 Å². The number of hydrogen-bond acceptors (Lipinski definition) is 3. The van der Waals surface area contributed by atoms with Crippen LogP contribution in [0.15, 0.2) is 9.26 Å². The Labute approximate surface area is 157 Å². The van der Waals surface area contributed by atoms with E-state index >= 15 is 0 Å². The first-order chi connectivity index (χ1) is 11.4. The van der Waals surface area contributed by atoms with E-state index in [9.17, 15) is 0 Å². The zero-order chi connectivity index (χ0) is 19.9. The Morgan fingerprint density at radius 2 is 1.48 bits per heavy atom. The van der Waals surface area contributed by atoms with Crippen molar-refractivity contribution in [1.29, 1.82) is 0 Å². The molecule has 2 unspecified atom stereocenters. The first-order valence-corrected chi connectivity index (χ1v) is 15.5. The molecular weight excluding hydrogens is 372 g/mol. The molecule has 0 aliphatic rings. The molecule has 0 saturated heterocycles. The fourth-order valence-electron chi connectivity index (χ4n) is 2.27. The van der Waals surface area contributed by atoms with Crippen molar-refractivity contribution in [2.45, 2.75) is 25.9 Å². The highest BCUT2D eigenvalue weighted by Crippen LogP contribution is 2.62. The average Bonchev–Trinajstić information content (AvgIpc) is 2.51. The molecule has 0 bridgehead atoms. The third-order valence-corrected chi connectivity index (χ3v) is 15.7. The molecule has 0 saturated carbocycles. The minimum Gasteiger partial charge on any atom is -0.398 e. The summed E-state index contributed by atoms with van der Waals surface area (Å²) in [5.41, 5.74) is 0. The van der Waals surface area contributed by atoms with Gasteiger partial charge in [0.2, 0.25) is 0 Å². The summed E-state index contributed by atoms with van der Waals surface area (Å²) in [5, 5.41) is 0. The van der Waals surface area contributed by atoms with E-state index in [-0.39, 0.29) is 0 Å². The van der Waals surface area contributed by atoms with Crippen molar-refractivity contribution in [3.05, 3.63) is 0 Å². The monoisotopic (exact) mass is 413 g/mol. The maximum atomic E-state index is 5.84. The maximum Gasteiger partial charge on any atom is 0.334 e. The summed E-state index contributed by atoms with van der Waals surface area (Å²) in [7, 11) is 8.71. The summed E-state index contributed by atoms with van der Waals surface area (Å²) in [6.45, 7) is 10.1. The lowest BCUT2D eigenvalue weighted by molar-refractivity contribution is 0.214.